The number of nitrogens with one attached hydrogen (secondary N) is 1. The Labute approximate surface area is 157 Å². The van der Waals surface area contributed by atoms with Crippen molar-refractivity contribution in [3.63, 3.8) is 0 Å². The van der Waals surface area contributed by atoms with Crippen LogP contribution in [0.1, 0.15) is 63.5 Å². The van der Waals surface area contributed by atoms with Gasteiger partial charge in [0.2, 0.25) is 5.91 Å². The second-order valence-corrected chi connectivity index (χ2v) is 8.87. The van der Waals surface area contributed by atoms with E-state index in [0.717, 1.165) is 44.7 Å². The molecule has 3 fully saturated rings. The molecule has 3 aliphatic rings. The number of nitrogens with zero attached hydrogens (tertiary/aromatic N) is 1. The Morgan fingerprint density at radius 3 is 2.54 bits per heavy atom. The molecule has 4 heteroatoms. The Morgan fingerprint density at radius 1 is 1.19 bits per heavy atom. The maximum atomic E-state index is 12.9. The van der Waals surface area contributed by atoms with Gasteiger partial charge in [0.25, 0.3) is 0 Å². The van der Waals surface area contributed by atoms with Crippen molar-refractivity contribution in [3.8, 4) is 0 Å². The fourth-order valence-electron chi connectivity index (χ4n) is 4.80. The van der Waals surface area contributed by atoms with E-state index in [2.05, 4.69) is 34.5 Å². The zero-order valence-corrected chi connectivity index (χ0v) is 15.9. The van der Waals surface area contributed by atoms with Crippen LogP contribution in [0.3, 0.4) is 0 Å². The highest BCUT2D eigenvalue weighted by atomic mass is 16.3. The minimum Gasteiger partial charge on any atom is -0.388 e. The molecule has 0 bridgehead atoms. The minimum absolute atomic E-state index is 0.0471. The number of rotatable bonds is 5. The third kappa shape index (κ3) is 3.81. The van der Waals surface area contributed by atoms with Crippen LogP contribution in [0.5, 0.6) is 0 Å². The third-order valence-corrected chi connectivity index (χ3v) is 6.64. The number of carbonyl (C=O) groups is 1. The van der Waals surface area contributed by atoms with E-state index in [1.54, 1.807) is 0 Å². The number of amides is 1. The van der Waals surface area contributed by atoms with E-state index in [1.807, 2.05) is 13.0 Å². The maximum Gasteiger partial charge on any atom is 0.223 e. The number of hydrogen-bond donors (Lipinski definition) is 2. The van der Waals surface area contributed by atoms with Crippen molar-refractivity contribution in [3.05, 3.63) is 35.9 Å². The van der Waals surface area contributed by atoms with Crippen LogP contribution in [0.25, 0.3) is 0 Å². The summed E-state index contributed by atoms with van der Waals surface area (Å²) in [7, 11) is 0. The summed E-state index contributed by atoms with van der Waals surface area (Å²) in [6.45, 7) is 3.86. The molecule has 0 spiro atoms. The molecule has 2 aliphatic carbocycles. The highest BCUT2D eigenvalue weighted by molar-refractivity contribution is 5.79. The first-order chi connectivity index (χ1) is 12.5. The predicted molar refractivity (Wildman–Crippen MR) is 103 cm³/mol. The van der Waals surface area contributed by atoms with E-state index in [-0.39, 0.29) is 23.9 Å². The van der Waals surface area contributed by atoms with Crippen LogP contribution >= 0.6 is 0 Å². The second-order valence-electron chi connectivity index (χ2n) is 8.87. The van der Waals surface area contributed by atoms with E-state index >= 15 is 0 Å². The Bertz CT molecular complexity index is 620. The first-order valence-corrected chi connectivity index (χ1v) is 10.4. The Kier molecular flexibility index (Phi) is 5.07. The number of hydrogen-bond acceptors (Lipinski definition) is 3. The van der Waals surface area contributed by atoms with E-state index in [0.29, 0.717) is 6.42 Å². The molecule has 1 aromatic carbocycles. The molecule has 142 valence electrons. The summed E-state index contributed by atoms with van der Waals surface area (Å²) in [5.74, 6) is 1.05. The molecule has 0 unspecified atom stereocenters. The molecule has 1 heterocycles. The molecular formula is C22H32N2O2. The van der Waals surface area contributed by atoms with E-state index in [4.69, 9.17) is 0 Å². The average Bonchev–Trinajstić information content (AvgIpc) is 3.27. The molecule has 3 atom stereocenters. The first kappa shape index (κ1) is 18.0. The van der Waals surface area contributed by atoms with Gasteiger partial charge in [-0.05, 0) is 50.5 Å². The molecule has 1 amide bonds. The SMILES string of the molecule is C[C@@]1(O)CCN(CC2CC2)[C@@H](c2ccccc2)[C@@H]1NC(=O)C1CCCC1. The van der Waals surface area contributed by atoms with E-state index in [9.17, 15) is 9.90 Å². The van der Waals surface area contributed by atoms with Crippen molar-refractivity contribution in [2.45, 2.75) is 69.6 Å². The van der Waals surface area contributed by atoms with Gasteiger partial charge in [-0.15, -0.1) is 0 Å². The van der Waals surface area contributed by atoms with Crippen LogP contribution in [0.15, 0.2) is 30.3 Å². The summed E-state index contributed by atoms with van der Waals surface area (Å²) in [6.07, 6.45) is 7.61. The summed E-state index contributed by atoms with van der Waals surface area (Å²) in [5.41, 5.74) is 0.319. The fourth-order valence-corrected chi connectivity index (χ4v) is 4.80. The lowest BCUT2D eigenvalue weighted by atomic mass is 9.79. The van der Waals surface area contributed by atoms with Crippen LogP contribution in [0, 0.1) is 11.8 Å². The van der Waals surface area contributed by atoms with E-state index in [1.165, 1.54) is 18.4 Å². The van der Waals surface area contributed by atoms with Crippen LogP contribution in [-0.4, -0.2) is 40.6 Å². The van der Waals surface area contributed by atoms with Crippen molar-refractivity contribution >= 4 is 5.91 Å². The molecule has 0 radical (unpaired) electrons. The van der Waals surface area contributed by atoms with Gasteiger partial charge in [0.15, 0.2) is 0 Å². The number of carbonyl (C=O) groups excluding carboxylic acids is 1. The molecule has 4 nitrogen and oxygen atoms in total. The largest absolute Gasteiger partial charge is 0.388 e. The van der Waals surface area contributed by atoms with Gasteiger partial charge in [-0.3, -0.25) is 9.69 Å². The molecule has 4 rings (SSSR count). The lowest BCUT2D eigenvalue weighted by Gasteiger charge is -2.49. The highest BCUT2D eigenvalue weighted by Crippen LogP contribution is 2.40. The topological polar surface area (TPSA) is 52.6 Å². The summed E-state index contributed by atoms with van der Waals surface area (Å²) < 4.78 is 0. The van der Waals surface area contributed by atoms with Gasteiger partial charge in [0.05, 0.1) is 17.7 Å². The van der Waals surface area contributed by atoms with E-state index < -0.39 is 5.60 Å². The monoisotopic (exact) mass is 356 g/mol. The van der Waals surface area contributed by atoms with Crippen molar-refractivity contribution in [2.24, 2.45) is 11.8 Å². The van der Waals surface area contributed by atoms with Crippen LogP contribution in [0.4, 0.5) is 0 Å². The Balaban J connectivity index is 1.61. The lowest BCUT2D eigenvalue weighted by Crippen LogP contribution is -2.63. The van der Waals surface area contributed by atoms with Crippen molar-refractivity contribution in [1.82, 2.24) is 10.2 Å². The molecule has 1 aromatic rings. The number of piperidine rings is 1. The molecule has 1 saturated heterocycles. The second kappa shape index (κ2) is 7.32. The number of benzene rings is 1. The molecule has 1 aliphatic heterocycles. The summed E-state index contributed by atoms with van der Waals surface area (Å²) in [4.78, 5) is 15.4. The molecule has 2 saturated carbocycles. The van der Waals surface area contributed by atoms with Crippen LogP contribution in [0.2, 0.25) is 0 Å². The quantitative estimate of drug-likeness (QED) is 0.851. The maximum absolute atomic E-state index is 12.9. The summed E-state index contributed by atoms with van der Waals surface area (Å²) >= 11 is 0. The zero-order valence-electron chi connectivity index (χ0n) is 15.9. The summed E-state index contributed by atoms with van der Waals surface area (Å²) in [6, 6.07) is 10.2. The van der Waals surface area contributed by atoms with Gasteiger partial charge in [-0.25, -0.2) is 0 Å². The zero-order chi connectivity index (χ0) is 18.1. The molecule has 2 N–H and O–H groups in total. The first-order valence-electron chi connectivity index (χ1n) is 10.4. The summed E-state index contributed by atoms with van der Waals surface area (Å²) in [5, 5.41) is 14.5. The van der Waals surface area contributed by atoms with Gasteiger partial charge in [-0.1, -0.05) is 43.2 Å². The van der Waals surface area contributed by atoms with Gasteiger partial charge in [0, 0.05) is 19.0 Å². The standard InChI is InChI=1S/C22H32N2O2/c1-22(26)13-14-24(15-16-11-12-16)19(17-7-3-2-4-8-17)20(22)23-21(25)18-9-5-6-10-18/h2-4,7-8,16,18-20,26H,5-6,9-15H2,1H3,(H,23,25)/t19-,20-,22+/m0/s1. The van der Waals surface area contributed by atoms with Gasteiger partial charge < -0.3 is 10.4 Å². The van der Waals surface area contributed by atoms with Crippen molar-refractivity contribution < 1.29 is 9.90 Å². The molecule has 0 aromatic heterocycles. The highest BCUT2D eigenvalue weighted by Gasteiger charge is 2.47. The van der Waals surface area contributed by atoms with Gasteiger partial charge >= 0.3 is 0 Å². The third-order valence-electron chi connectivity index (χ3n) is 6.64. The normalized spacial score (nSPS) is 33.3. The van der Waals surface area contributed by atoms with Crippen molar-refractivity contribution in [1.29, 1.82) is 0 Å². The predicted octanol–water partition coefficient (Wildman–Crippen LogP) is 3.27. The van der Waals surface area contributed by atoms with Crippen molar-refractivity contribution in [2.75, 3.05) is 13.1 Å². The molecule has 26 heavy (non-hydrogen) atoms. The molecular weight excluding hydrogens is 324 g/mol. The van der Waals surface area contributed by atoms with Crippen LogP contribution in [-0.2, 0) is 4.79 Å². The van der Waals surface area contributed by atoms with Gasteiger partial charge in [0.1, 0.15) is 0 Å². The average molecular weight is 357 g/mol. The smallest absolute Gasteiger partial charge is 0.223 e. The Morgan fingerprint density at radius 2 is 1.88 bits per heavy atom. The fraction of sp³-hybridized carbons (Fsp3) is 0.682. The Hall–Kier alpha value is -1.39. The number of likely N-dealkylation sites (tertiary alicyclic amines) is 1. The number of aliphatic hydroxyl groups is 1. The lowest BCUT2D eigenvalue weighted by molar-refractivity contribution is -0.132. The van der Waals surface area contributed by atoms with Gasteiger partial charge in [-0.2, -0.15) is 0 Å². The van der Waals surface area contributed by atoms with Crippen LogP contribution < -0.4 is 5.32 Å². The minimum atomic E-state index is -0.880.